The molecular formula is C6H13I2MnN. The second-order valence-electron chi connectivity index (χ2n) is 1.70. The summed E-state index contributed by atoms with van der Waals surface area (Å²) in [6.07, 6.45) is 6.17. The molecule has 0 aromatic heterocycles. The van der Waals surface area contributed by atoms with Crippen LogP contribution in [0, 0.1) is 5.41 Å². The van der Waals surface area contributed by atoms with Crippen LogP contribution in [0.25, 0.3) is 0 Å². The number of rotatable bonds is 4. The van der Waals surface area contributed by atoms with Gasteiger partial charge in [-0.2, -0.15) is 0 Å². The topological polar surface area (TPSA) is 23.9 Å². The smallest absolute Gasteiger partial charge is 1.00 e. The molecule has 0 amide bonds. The summed E-state index contributed by atoms with van der Waals surface area (Å²) < 4.78 is 0. The van der Waals surface area contributed by atoms with Gasteiger partial charge in [-0.15, -0.1) is 0 Å². The van der Waals surface area contributed by atoms with Crippen molar-refractivity contribution in [3.8, 4) is 0 Å². The number of hydrogen-bond acceptors (Lipinski definition) is 1. The van der Waals surface area contributed by atoms with Gasteiger partial charge >= 0.3 is 17.1 Å². The van der Waals surface area contributed by atoms with Crippen molar-refractivity contribution < 1.29 is 65.0 Å². The van der Waals surface area contributed by atoms with E-state index in [2.05, 4.69) is 6.92 Å². The Morgan fingerprint density at radius 1 is 1.20 bits per heavy atom. The molecule has 0 aromatic carbocycles. The first-order valence-electron chi connectivity index (χ1n) is 2.90. The summed E-state index contributed by atoms with van der Waals surface area (Å²) in [5.74, 6) is 0. The Labute approximate surface area is 108 Å². The van der Waals surface area contributed by atoms with Crippen molar-refractivity contribution in [2.75, 3.05) is 0 Å². The molecule has 1 nitrogen and oxygen atoms in total. The van der Waals surface area contributed by atoms with Gasteiger partial charge in [-0.05, 0) is 19.1 Å². The zero-order valence-corrected chi connectivity index (χ0v) is 11.5. The summed E-state index contributed by atoms with van der Waals surface area (Å²) in [7, 11) is 0. The standard InChI is InChI=1S/C6H13N.2HI.Mn/c1-2-3-4-5-6-7;;;/h6-7H,2-5H2,1H3;2*1H;/q;;;+2/p-2. The summed E-state index contributed by atoms with van der Waals surface area (Å²) in [6, 6.07) is 0. The Morgan fingerprint density at radius 3 is 2.00 bits per heavy atom. The quantitative estimate of drug-likeness (QED) is 0.214. The molecule has 0 aromatic rings. The van der Waals surface area contributed by atoms with Crippen LogP contribution in [0.1, 0.15) is 32.6 Å². The van der Waals surface area contributed by atoms with Crippen LogP contribution in [0.5, 0.6) is 0 Å². The second-order valence-corrected chi connectivity index (χ2v) is 1.70. The van der Waals surface area contributed by atoms with Gasteiger partial charge in [0, 0.05) is 0 Å². The van der Waals surface area contributed by atoms with Crippen LogP contribution in [0.2, 0.25) is 0 Å². The van der Waals surface area contributed by atoms with Crippen LogP contribution in [0.15, 0.2) is 0 Å². The molecule has 63 valence electrons. The third-order valence-electron chi connectivity index (χ3n) is 0.952. The molecule has 0 spiro atoms. The van der Waals surface area contributed by atoms with E-state index in [0.717, 1.165) is 6.42 Å². The van der Waals surface area contributed by atoms with Crippen molar-refractivity contribution >= 4 is 6.21 Å². The minimum Gasteiger partial charge on any atom is -1.00 e. The fraction of sp³-hybridized carbons (Fsp3) is 0.833. The van der Waals surface area contributed by atoms with Gasteiger partial charge < -0.3 is 53.4 Å². The molecule has 0 aliphatic heterocycles. The number of halogens is 2. The Bertz CT molecular complexity index is 53.0. The monoisotopic (exact) mass is 408 g/mol. The van der Waals surface area contributed by atoms with E-state index < -0.39 is 0 Å². The third-order valence-corrected chi connectivity index (χ3v) is 0.952. The normalized spacial score (nSPS) is 6.10. The maximum Gasteiger partial charge on any atom is 2.00 e. The van der Waals surface area contributed by atoms with Gasteiger partial charge in [0.1, 0.15) is 0 Å². The average molecular weight is 408 g/mol. The van der Waals surface area contributed by atoms with Gasteiger partial charge in [-0.1, -0.05) is 19.8 Å². The maximum atomic E-state index is 6.66. The van der Waals surface area contributed by atoms with Crippen LogP contribution in [0.3, 0.4) is 0 Å². The van der Waals surface area contributed by atoms with E-state index in [-0.39, 0.29) is 65.0 Å². The maximum absolute atomic E-state index is 6.66. The molecule has 0 aliphatic carbocycles. The van der Waals surface area contributed by atoms with Gasteiger partial charge in [0.25, 0.3) is 0 Å². The van der Waals surface area contributed by atoms with Gasteiger partial charge in [-0.25, -0.2) is 0 Å². The van der Waals surface area contributed by atoms with E-state index in [1.54, 1.807) is 0 Å². The Kier molecular flexibility index (Phi) is 50.6. The van der Waals surface area contributed by atoms with E-state index >= 15 is 0 Å². The minimum absolute atomic E-state index is 0. The second kappa shape index (κ2) is 22.4. The zero-order chi connectivity index (χ0) is 5.54. The fourth-order valence-corrected chi connectivity index (χ4v) is 0.496. The summed E-state index contributed by atoms with van der Waals surface area (Å²) >= 11 is 0. The van der Waals surface area contributed by atoms with Crippen LogP contribution >= 0.6 is 0 Å². The molecule has 0 atom stereocenters. The molecule has 0 saturated carbocycles. The molecule has 0 rings (SSSR count). The number of hydrogen-bond donors (Lipinski definition) is 1. The molecule has 0 fully saturated rings. The molecule has 0 unspecified atom stereocenters. The minimum atomic E-state index is 0. The van der Waals surface area contributed by atoms with E-state index in [0.29, 0.717) is 0 Å². The summed E-state index contributed by atoms with van der Waals surface area (Å²) in [6.45, 7) is 2.17. The summed E-state index contributed by atoms with van der Waals surface area (Å²) in [5.41, 5.74) is 0. The molecule has 4 heteroatoms. The Hall–Kier alpha value is 1.65. The largest absolute Gasteiger partial charge is 2.00 e. The summed E-state index contributed by atoms with van der Waals surface area (Å²) in [4.78, 5) is 0. The van der Waals surface area contributed by atoms with Crippen molar-refractivity contribution in [3.05, 3.63) is 0 Å². The molecule has 10 heavy (non-hydrogen) atoms. The van der Waals surface area contributed by atoms with Gasteiger partial charge in [0.05, 0.1) is 0 Å². The van der Waals surface area contributed by atoms with Crippen molar-refractivity contribution in [3.63, 3.8) is 0 Å². The predicted molar refractivity (Wildman–Crippen MR) is 32.9 cm³/mol. The third kappa shape index (κ3) is 22.6. The van der Waals surface area contributed by atoms with Crippen molar-refractivity contribution in [2.45, 2.75) is 32.6 Å². The van der Waals surface area contributed by atoms with Crippen molar-refractivity contribution in [2.24, 2.45) is 0 Å². The van der Waals surface area contributed by atoms with Crippen molar-refractivity contribution in [1.82, 2.24) is 0 Å². The number of nitrogens with one attached hydrogen (secondary N) is 1. The van der Waals surface area contributed by atoms with E-state index in [4.69, 9.17) is 5.41 Å². The Balaban J connectivity index is -0.0000000600. The first-order valence-corrected chi connectivity index (χ1v) is 2.90. The molecule has 0 saturated heterocycles. The number of unbranched alkanes of at least 4 members (excludes halogenated alkanes) is 3. The van der Waals surface area contributed by atoms with E-state index in [9.17, 15) is 0 Å². The molecular weight excluding hydrogens is 395 g/mol. The predicted octanol–water partition coefficient (Wildman–Crippen LogP) is -3.78. The first-order chi connectivity index (χ1) is 3.41. The van der Waals surface area contributed by atoms with Gasteiger partial charge in [0.15, 0.2) is 0 Å². The fourth-order valence-electron chi connectivity index (χ4n) is 0.496. The van der Waals surface area contributed by atoms with Gasteiger partial charge in [0.2, 0.25) is 0 Å². The molecule has 0 heterocycles. The first kappa shape index (κ1) is 22.6. The SMILES string of the molecule is CCCCCC=N.[I-].[I-].[Mn+2]. The Morgan fingerprint density at radius 2 is 1.70 bits per heavy atom. The van der Waals surface area contributed by atoms with E-state index in [1.165, 1.54) is 25.5 Å². The van der Waals surface area contributed by atoms with Crippen LogP contribution < -0.4 is 48.0 Å². The molecule has 0 aliphatic rings. The average Bonchev–Trinajstić information content (AvgIpc) is 1.69. The molecule has 0 bridgehead atoms. The van der Waals surface area contributed by atoms with E-state index in [1.807, 2.05) is 0 Å². The van der Waals surface area contributed by atoms with Crippen LogP contribution in [0.4, 0.5) is 0 Å². The molecule has 1 N–H and O–H groups in total. The molecule has 1 radical (unpaired) electrons. The summed E-state index contributed by atoms with van der Waals surface area (Å²) in [5, 5.41) is 6.66. The van der Waals surface area contributed by atoms with Crippen LogP contribution in [-0.4, -0.2) is 6.21 Å². The van der Waals surface area contributed by atoms with Gasteiger partial charge in [-0.3, -0.25) is 0 Å². The van der Waals surface area contributed by atoms with Crippen molar-refractivity contribution in [1.29, 1.82) is 5.41 Å². The zero-order valence-electron chi connectivity index (χ0n) is 6.04. The van der Waals surface area contributed by atoms with Crippen LogP contribution in [-0.2, 0) is 17.1 Å².